The van der Waals surface area contributed by atoms with Gasteiger partial charge in [0.25, 0.3) is 0 Å². The van der Waals surface area contributed by atoms with Crippen molar-refractivity contribution in [3.8, 4) is 0 Å². The molecule has 3 atom stereocenters. The first-order valence-corrected chi connectivity index (χ1v) is 10.1. The van der Waals surface area contributed by atoms with Crippen LogP contribution in [0.15, 0.2) is 51.8 Å². The van der Waals surface area contributed by atoms with Gasteiger partial charge in [-0.2, -0.15) is 4.31 Å². The van der Waals surface area contributed by atoms with Gasteiger partial charge in [-0.05, 0) is 49.2 Å². The quantitative estimate of drug-likeness (QED) is 0.661. The summed E-state index contributed by atoms with van der Waals surface area (Å²) in [6.07, 6.45) is 1.62. The number of rotatable bonds is 5. The Balaban J connectivity index is 1.99. The molecule has 1 aliphatic heterocycles. The first-order valence-electron chi connectivity index (χ1n) is 7.91. The fraction of sp³-hybridized carbons (Fsp3) is 0.333. The van der Waals surface area contributed by atoms with E-state index in [1.54, 1.807) is 30.3 Å². The summed E-state index contributed by atoms with van der Waals surface area (Å²) in [5, 5.41) is 0. The zero-order valence-corrected chi connectivity index (χ0v) is 15.9. The van der Waals surface area contributed by atoms with Crippen LogP contribution in [-0.2, 0) is 10.0 Å². The highest BCUT2D eigenvalue weighted by atomic mass is 79.9. The van der Waals surface area contributed by atoms with Gasteiger partial charge in [0.1, 0.15) is 5.82 Å². The van der Waals surface area contributed by atoms with Crippen LogP contribution in [0.25, 0.3) is 0 Å². The summed E-state index contributed by atoms with van der Waals surface area (Å²) in [6, 6.07) is 10.8. The lowest BCUT2D eigenvalue weighted by Crippen LogP contribution is -2.15. The average molecular weight is 412 g/mol. The van der Waals surface area contributed by atoms with Gasteiger partial charge in [0.05, 0.1) is 10.9 Å². The monoisotopic (exact) mass is 411 g/mol. The molecule has 0 N–H and O–H groups in total. The molecule has 2 aromatic rings. The largest absolute Gasteiger partial charge is 0.244 e. The molecule has 24 heavy (non-hydrogen) atoms. The molecular formula is C18H19BrFNO2S. The van der Waals surface area contributed by atoms with E-state index < -0.39 is 10.0 Å². The molecule has 2 aromatic carbocycles. The standard InChI is InChI=1S/C18H19BrFNO2S/c1-3-4-17-18(15-11-13(20)7-10-16(15)19)21(17)24(22,23)14-8-5-12(2)6-9-14/h5-11,17-18H,3-4H2,1-2H3. The molecule has 0 aliphatic carbocycles. The van der Waals surface area contributed by atoms with Crippen molar-refractivity contribution in [2.24, 2.45) is 0 Å². The molecule has 0 bridgehead atoms. The van der Waals surface area contributed by atoms with Gasteiger partial charge in [-0.1, -0.05) is 47.0 Å². The van der Waals surface area contributed by atoms with Gasteiger partial charge in [-0.15, -0.1) is 0 Å². The summed E-state index contributed by atoms with van der Waals surface area (Å²) in [7, 11) is -3.59. The third kappa shape index (κ3) is 3.15. The molecule has 1 heterocycles. The van der Waals surface area contributed by atoms with Gasteiger partial charge in [0.2, 0.25) is 10.0 Å². The van der Waals surface area contributed by atoms with Gasteiger partial charge in [-0.3, -0.25) is 0 Å². The molecule has 0 amide bonds. The molecule has 6 heteroatoms. The highest BCUT2D eigenvalue weighted by Crippen LogP contribution is 2.51. The Hall–Kier alpha value is -1.24. The minimum atomic E-state index is -3.59. The van der Waals surface area contributed by atoms with E-state index >= 15 is 0 Å². The second kappa shape index (κ2) is 6.58. The van der Waals surface area contributed by atoms with E-state index in [-0.39, 0.29) is 22.8 Å². The van der Waals surface area contributed by atoms with E-state index in [2.05, 4.69) is 15.9 Å². The minimum absolute atomic E-state index is 0.126. The predicted octanol–water partition coefficient (Wildman–Crippen LogP) is 4.81. The summed E-state index contributed by atoms with van der Waals surface area (Å²) in [4.78, 5) is 0.282. The Labute approximate surface area is 150 Å². The molecule has 1 fully saturated rings. The maximum absolute atomic E-state index is 13.7. The van der Waals surface area contributed by atoms with Crippen molar-refractivity contribution in [1.82, 2.24) is 4.31 Å². The SMILES string of the molecule is CCCC1C(c2cc(F)ccc2Br)N1S(=O)(=O)c1ccc(C)cc1. The Kier molecular flexibility index (Phi) is 4.82. The molecular weight excluding hydrogens is 393 g/mol. The van der Waals surface area contributed by atoms with Crippen molar-refractivity contribution in [2.75, 3.05) is 0 Å². The lowest BCUT2D eigenvalue weighted by molar-refractivity contribution is 0.540. The summed E-state index contributed by atoms with van der Waals surface area (Å²) in [5.41, 5.74) is 1.69. The Bertz CT molecular complexity index is 852. The van der Waals surface area contributed by atoms with E-state index in [1.807, 2.05) is 13.8 Å². The first-order chi connectivity index (χ1) is 11.4. The number of nitrogens with zero attached hydrogens (tertiary/aromatic N) is 1. The molecule has 0 aromatic heterocycles. The topological polar surface area (TPSA) is 37.1 Å². The molecule has 1 saturated heterocycles. The van der Waals surface area contributed by atoms with E-state index in [0.29, 0.717) is 5.56 Å². The number of hydrogen-bond donors (Lipinski definition) is 0. The zero-order chi connectivity index (χ0) is 17.5. The number of sulfonamides is 1. The van der Waals surface area contributed by atoms with Gasteiger partial charge in [0.15, 0.2) is 0 Å². The third-order valence-corrected chi connectivity index (χ3v) is 6.98. The van der Waals surface area contributed by atoms with E-state index in [1.165, 1.54) is 16.4 Å². The van der Waals surface area contributed by atoms with Gasteiger partial charge < -0.3 is 0 Å². The van der Waals surface area contributed by atoms with E-state index in [9.17, 15) is 12.8 Å². The van der Waals surface area contributed by atoms with Crippen molar-refractivity contribution in [2.45, 2.75) is 43.7 Å². The zero-order valence-electron chi connectivity index (χ0n) is 13.5. The van der Waals surface area contributed by atoms with Crippen LogP contribution >= 0.6 is 15.9 Å². The van der Waals surface area contributed by atoms with Crippen molar-refractivity contribution >= 4 is 26.0 Å². The smallest absolute Gasteiger partial charge is 0.207 e. The molecule has 0 radical (unpaired) electrons. The van der Waals surface area contributed by atoms with Crippen LogP contribution in [0.5, 0.6) is 0 Å². The second-order valence-corrected chi connectivity index (χ2v) is 8.81. The number of aryl methyl sites for hydroxylation is 1. The maximum atomic E-state index is 13.7. The van der Waals surface area contributed by atoms with Crippen LogP contribution in [0.1, 0.15) is 36.9 Å². The van der Waals surface area contributed by atoms with E-state index in [0.717, 1.165) is 22.9 Å². The van der Waals surface area contributed by atoms with E-state index in [4.69, 9.17) is 0 Å². The summed E-state index contributed by atoms with van der Waals surface area (Å²) in [6.45, 7) is 3.94. The highest BCUT2D eigenvalue weighted by Gasteiger charge is 2.56. The highest BCUT2D eigenvalue weighted by molar-refractivity contribution is 9.10. The minimum Gasteiger partial charge on any atom is -0.207 e. The predicted molar refractivity (Wildman–Crippen MR) is 95.7 cm³/mol. The fourth-order valence-electron chi connectivity index (χ4n) is 3.08. The van der Waals surface area contributed by atoms with Gasteiger partial charge in [-0.25, -0.2) is 12.8 Å². The van der Waals surface area contributed by atoms with Crippen LogP contribution in [-0.4, -0.2) is 18.8 Å². The lowest BCUT2D eigenvalue weighted by atomic mass is 10.1. The van der Waals surface area contributed by atoms with Crippen LogP contribution in [0, 0.1) is 12.7 Å². The van der Waals surface area contributed by atoms with Crippen molar-refractivity contribution < 1.29 is 12.8 Å². The number of benzene rings is 2. The van der Waals surface area contributed by atoms with Gasteiger partial charge >= 0.3 is 0 Å². The summed E-state index contributed by atoms with van der Waals surface area (Å²) in [5.74, 6) is -0.358. The third-order valence-electron chi connectivity index (χ3n) is 4.33. The molecule has 1 aliphatic rings. The maximum Gasteiger partial charge on any atom is 0.244 e. The molecule has 128 valence electrons. The second-order valence-electron chi connectivity index (χ2n) is 6.11. The fourth-order valence-corrected chi connectivity index (χ4v) is 5.36. The molecule has 3 nitrogen and oxygen atoms in total. The van der Waals surface area contributed by atoms with Crippen LogP contribution < -0.4 is 0 Å². The molecule has 0 spiro atoms. The lowest BCUT2D eigenvalue weighted by Gasteiger charge is -2.08. The van der Waals surface area contributed by atoms with Gasteiger partial charge in [0, 0.05) is 10.5 Å². The summed E-state index contributed by atoms with van der Waals surface area (Å²) >= 11 is 3.42. The van der Waals surface area contributed by atoms with Crippen LogP contribution in [0.2, 0.25) is 0 Å². The molecule has 3 unspecified atom stereocenters. The van der Waals surface area contributed by atoms with Crippen LogP contribution in [0.4, 0.5) is 4.39 Å². The Morgan fingerprint density at radius 2 is 1.83 bits per heavy atom. The molecule has 3 rings (SSSR count). The normalized spacial score (nSPS) is 23.2. The van der Waals surface area contributed by atoms with Crippen molar-refractivity contribution in [3.05, 3.63) is 63.9 Å². The van der Waals surface area contributed by atoms with Crippen LogP contribution in [0.3, 0.4) is 0 Å². The van der Waals surface area contributed by atoms with Crippen molar-refractivity contribution in [1.29, 1.82) is 0 Å². The van der Waals surface area contributed by atoms with Crippen molar-refractivity contribution in [3.63, 3.8) is 0 Å². The Morgan fingerprint density at radius 3 is 2.46 bits per heavy atom. The summed E-state index contributed by atoms with van der Waals surface area (Å²) < 4.78 is 41.9. The number of halogens is 2. The number of hydrogen-bond acceptors (Lipinski definition) is 2. The average Bonchev–Trinajstić information content (AvgIpc) is 3.25. The molecule has 0 saturated carbocycles. The first kappa shape index (κ1) is 17.6. The Morgan fingerprint density at radius 1 is 1.17 bits per heavy atom.